The highest BCUT2D eigenvalue weighted by atomic mass is 32.2. The molecule has 0 unspecified atom stereocenters. The molecule has 2 aromatic carbocycles. The second-order valence-corrected chi connectivity index (χ2v) is 8.02. The molecule has 0 atom stereocenters. The Labute approximate surface area is 145 Å². The van der Waals surface area contributed by atoms with Crippen molar-refractivity contribution < 1.29 is 22.3 Å². The van der Waals surface area contributed by atoms with Crippen molar-refractivity contribution in [3.63, 3.8) is 0 Å². The van der Waals surface area contributed by atoms with Crippen LogP contribution in [0.5, 0.6) is 11.5 Å². The summed E-state index contributed by atoms with van der Waals surface area (Å²) in [5.74, 6) is 1.15. The summed E-state index contributed by atoms with van der Waals surface area (Å²) >= 11 is 0. The highest BCUT2D eigenvalue weighted by molar-refractivity contribution is 7.89. The molecule has 0 spiro atoms. The van der Waals surface area contributed by atoms with E-state index in [4.69, 9.17) is 9.47 Å². The highest BCUT2D eigenvalue weighted by Gasteiger charge is 2.27. The molecule has 25 heavy (non-hydrogen) atoms. The van der Waals surface area contributed by atoms with Gasteiger partial charge in [0, 0.05) is 36.1 Å². The standard InChI is InChI=1S/C18H18FNO4S/c1-11-8-13(2-3-16(11)19)25(21,22)20-10-15-14-5-7-23-17(14)9-12-4-6-24-18(12)15/h2-3,8-9,20H,4-7,10H2,1H3. The molecule has 0 aliphatic carbocycles. The number of sulfonamides is 1. The van der Waals surface area contributed by atoms with Gasteiger partial charge in [0.15, 0.2) is 0 Å². The zero-order chi connectivity index (χ0) is 17.6. The Balaban J connectivity index is 1.64. The molecule has 2 heterocycles. The van der Waals surface area contributed by atoms with Gasteiger partial charge in [-0.15, -0.1) is 0 Å². The van der Waals surface area contributed by atoms with Crippen molar-refractivity contribution in [2.24, 2.45) is 0 Å². The van der Waals surface area contributed by atoms with Crippen molar-refractivity contribution in [1.82, 2.24) is 4.72 Å². The first-order chi connectivity index (χ1) is 12.0. The minimum absolute atomic E-state index is 0.0489. The van der Waals surface area contributed by atoms with E-state index < -0.39 is 15.8 Å². The number of ether oxygens (including phenoxy) is 2. The molecule has 2 aliphatic rings. The molecule has 7 heteroatoms. The molecular weight excluding hydrogens is 345 g/mol. The first-order valence-corrected chi connectivity index (χ1v) is 9.63. The molecule has 0 radical (unpaired) electrons. The number of hydrogen-bond acceptors (Lipinski definition) is 4. The third kappa shape index (κ3) is 2.87. The Bertz CT molecular complexity index is 924. The van der Waals surface area contributed by atoms with E-state index in [-0.39, 0.29) is 11.4 Å². The van der Waals surface area contributed by atoms with E-state index in [1.54, 1.807) is 0 Å². The van der Waals surface area contributed by atoms with E-state index in [0.29, 0.717) is 18.8 Å². The summed E-state index contributed by atoms with van der Waals surface area (Å²) in [4.78, 5) is 0.0489. The summed E-state index contributed by atoms with van der Waals surface area (Å²) in [7, 11) is -3.75. The van der Waals surface area contributed by atoms with Crippen molar-refractivity contribution in [2.75, 3.05) is 13.2 Å². The van der Waals surface area contributed by atoms with Gasteiger partial charge < -0.3 is 9.47 Å². The lowest BCUT2D eigenvalue weighted by Gasteiger charge is -2.14. The molecule has 0 saturated heterocycles. The van der Waals surface area contributed by atoms with Crippen LogP contribution in [-0.4, -0.2) is 21.6 Å². The lowest BCUT2D eigenvalue weighted by atomic mass is 10.00. The number of aryl methyl sites for hydroxylation is 1. The van der Waals surface area contributed by atoms with Crippen molar-refractivity contribution in [1.29, 1.82) is 0 Å². The maximum Gasteiger partial charge on any atom is 0.240 e. The minimum atomic E-state index is -3.75. The summed E-state index contributed by atoms with van der Waals surface area (Å²) in [6.45, 7) is 2.84. The van der Waals surface area contributed by atoms with Crippen LogP contribution in [0.2, 0.25) is 0 Å². The van der Waals surface area contributed by atoms with Gasteiger partial charge >= 0.3 is 0 Å². The third-order valence-electron chi connectivity index (χ3n) is 4.64. The topological polar surface area (TPSA) is 64.6 Å². The first kappa shape index (κ1) is 16.4. The smallest absolute Gasteiger partial charge is 0.240 e. The summed E-state index contributed by atoms with van der Waals surface area (Å²) in [6, 6.07) is 5.76. The average molecular weight is 363 g/mol. The van der Waals surface area contributed by atoms with Gasteiger partial charge in [0.2, 0.25) is 10.0 Å². The monoisotopic (exact) mass is 363 g/mol. The number of hydrogen-bond donors (Lipinski definition) is 1. The van der Waals surface area contributed by atoms with Gasteiger partial charge in [0.05, 0.1) is 18.1 Å². The molecule has 132 valence electrons. The van der Waals surface area contributed by atoms with Crippen LogP contribution in [0.15, 0.2) is 29.2 Å². The van der Waals surface area contributed by atoms with Gasteiger partial charge in [-0.05, 0) is 36.8 Å². The van der Waals surface area contributed by atoms with E-state index in [1.165, 1.54) is 25.1 Å². The van der Waals surface area contributed by atoms with Crippen LogP contribution in [0.25, 0.3) is 0 Å². The number of nitrogens with one attached hydrogen (secondary N) is 1. The quantitative estimate of drug-likeness (QED) is 0.906. The number of benzene rings is 2. The zero-order valence-corrected chi connectivity index (χ0v) is 14.6. The summed E-state index contributed by atoms with van der Waals surface area (Å²) in [5, 5.41) is 0. The molecule has 2 aliphatic heterocycles. The predicted octanol–water partition coefficient (Wildman–Crippen LogP) is 2.48. The normalized spacial score (nSPS) is 15.4. The third-order valence-corrected chi connectivity index (χ3v) is 6.04. The van der Waals surface area contributed by atoms with E-state index in [1.807, 2.05) is 6.07 Å². The molecule has 4 rings (SSSR count). The Hall–Kier alpha value is -2.12. The van der Waals surface area contributed by atoms with Crippen LogP contribution in [0.1, 0.15) is 22.3 Å². The number of rotatable bonds is 4. The fourth-order valence-electron chi connectivity index (χ4n) is 3.31. The van der Waals surface area contributed by atoms with Crippen molar-refractivity contribution in [2.45, 2.75) is 31.2 Å². The van der Waals surface area contributed by atoms with Crippen LogP contribution in [0, 0.1) is 12.7 Å². The Morgan fingerprint density at radius 2 is 1.96 bits per heavy atom. The van der Waals surface area contributed by atoms with E-state index in [9.17, 15) is 12.8 Å². The van der Waals surface area contributed by atoms with Gasteiger partial charge in [0.1, 0.15) is 17.3 Å². The van der Waals surface area contributed by atoms with Gasteiger partial charge in [-0.2, -0.15) is 0 Å². The van der Waals surface area contributed by atoms with Gasteiger partial charge in [-0.25, -0.2) is 17.5 Å². The largest absolute Gasteiger partial charge is 0.493 e. The van der Waals surface area contributed by atoms with Crippen LogP contribution in [0.3, 0.4) is 0 Å². The molecule has 0 saturated carbocycles. The van der Waals surface area contributed by atoms with E-state index in [2.05, 4.69) is 4.72 Å². The Kier molecular flexibility index (Phi) is 3.92. The second-order valence-electron chi connectivity index (χ2n) is 6.25. The Morgan fingerprint density at radius 1 is 1.16 bits per heavy atom. The van der Waals surface area contributed by atoms with Crippen molar-refractivity contribution in [3.05, 3.63) is 52.3 Å². The summed E-state index contributed by atoms with van der Waals surface area (Å²) in [5.41, 5.74) is 3.18. The van der Waals surface area contributed by atoms with Gasteiger partial charge in [-0.1, -0.05) is 0 Å². The molecule has 0 fully saturated rings. The van der Waals surface area contributed by atoms with Crippen LogP contribution in [-0.2, 0) is 29.4 Å². The lowest BCUT2D eigenvalue weighted by Crippen LogP contribution is -2.24. The predicted molar refractivity (Wildman–Crippen MR) is 90.0 cm³/mol. The van der Waals surface area contributed by atoms with E-state index >= 15 is 0 Å². The molecule has 0 aromatic heterocycles. The fourth-order valence-corrected chi connectivity index (χ4v) is 4.39. The highest BCUT2D eigenvalue weighted by Crippen LogP contribution is 2.40. The van der Waals surface area contributed by atoms with Gasteiger partial charge in [0.25, 0.3) is 0 Å². The number of halogens is 1. The van der Waals surface area contributed by atoms with E-state index in [0.717, 1.165) is 41.0 Å². The molecule has 1 N–H and O–H groups in total. The SMILES string of the molecule is Cc1cc(S(=O)(=O)NCc2c3c(cc4c2OCC4)OCC3)ccc1F. The minimum Gasteiger partial charge on any atom is -0.493 e. The second kappa shape index (κ2) is 6.00. The molecule has 0 amide bonds. The first-order valence-electron chi connectivity index (χ1n) is 8.15. The summed E-state index contributed by atoms with van der Waals surface area (Å²) < 4.78 is 52.5. The maximum atomic E-state index is 13.4. The zero-order valence-electron chi connectivity index (χ0n) is 13.8. The van der Waals surface area contributed by atoms with Crippen molar-refractivity contribution in [3.8, 4) is 11.5 Å². The van der Waals surface area contributed by atoms with Gasteiger partial charge in [-0.3, -0.25) is 0 Å². The van der Waals surface area contributed by atoms with Crippen molar-refractivity contribution >= 4 is 10.0 Å². The molecule has 2 aromatic rings. The van der Waals surface area contributed by atoms with Crippen LogP contribution >= 0.6 is 0 Å². The van der Waals surface area contributed by atoms with Crippen LogP contribution in [0.4, 0.5) is 4.39 Å². The molecule has 5 nitrogen and oxygen atoms in total. The lowest BCUT2D eigenvalue weighted by molar-refractivity contribution is 0.352. The fraction of sp³-hybridized carbons (Fsp3) is 0.333. The summed E-state index contributed by atoms with van der Waals surface area (Å²) in [6.07, 6.45) is 1.53. The molecular formula is C18H18FNO4S. The number of fused-ring (bicyclic) bond motifs is 2. The average Bonchev–Trinajstić information content (AvgIpc) is 3.22. The Morgan fingerprint density at radius 3 is 2.76 bits per heavy atom. The maximum absolute atomic E-state index is 13.4. The molecule has 0 bridgehead atoms. The van der Waals surface area contributed by atoms with Crippen LogP contribution < -0.4 is 14.2 Å².